The molecule has 6 saturated carbocycles. The maximum absolute atomic E-state index is 13.9. The average Bonchev–Trinajstić information content (AvgIpc) is 3.24. The molecule has 0 amide bonds. The topological polar surface area (TPSA) is 93.1 Å². The van der Waals surface area contributed by atoms with Crippen molar-refractivity contribution in [1.82, 2.24) is 4.90 Å². The molecular weight excluding hydrogens is 458 g/mol. The molecule has 1 N–H and O–H groups in total. The molecule has 6 aliphatic carbocycles. The van der Waals surface area contributed by atoms with Gasteiger partial charge in [0, 0.05) is 25.6 Å². The molecule has 9 bridgehead atoms. The summed E-state index contributed by atoms with van der Waals surface area (Å²) in [6.45, 7) is 8.63. The molecule has 0 radical (unpaired) electrons. The smallest absolute Gasteiger partial charge is 0.338 e. The monoisotopic (exact) mass is 489 g/mol. The van der Waals surface area contributed by atoms with E-state index in [-0.39, 0.29) is 41.0 Å². The number of rotatable bonds is 3. The fourth-order valence-corrected chi connectivity index (χ4v) is 11.4. The normalized spacial score (nSPS) is 54.2. The van der Waals surface area contributed by atoms with Gasteiger partial charge in [-0.15, -0.1) is 0 Å². The van der Waals surface area contributed by atoms with Crippen LogP contribution >= 0.6 is 0 Å². The highest BCUT2D eigenvalue weighted by atomic mass is 16.6. The number of benzene rings is 1. The number of piperidine rings is 2. The Hall–Kier alpha value is -2.51. The van der Waals surface area contributed by atoms with E-state index in [0.717, 1.165) is 13.0 Å². The fourth-order valence-electron chi connectivity index (χ4n) is 11.4. The molecule has 2 unspecified atom stereocenters. The van der Waals surface area contributed by atoms with Gasteiger partial charge in [-0.2, -0.15) is 0 Å². The minimum absolute atomic E-state index is 0.00619. The van der Waals surface area contributed by atoms with E-state index in [2.05, 4.69) is 18.4 Å². The molecule has 36 heavy (non-hydrogen) atoms. The maximum Gasteiger partial charge on any atom is 0.338 e. The number of hydrogen-bond acceptors (Lipinski definition) is 7. The second-order valence-electron chi connectivity index (χ2n) is 12.9. The zero-order valence-corrected chi connectivity index (χ0v) is 20.6. The first kappa shape index (κ1) is 21.6. The lowest BCUT2D eigenvalue weighted by Crippen LogP contribution is -2.77. The molecule has 12 atom stereocenters. The molecule has 7 heteroatoms. The highest BCUT2D eigenvalue weighted by Gasteiger charge is 2.96. The maximum atomic E-state index is 13.9. The van der Waals surface area contributed by atoms with Gasteiger partial charge in [0.1, 0.15) is 12.2 Å². The number of carbonyl (C=O) groups is 3. The Morgan fingerprint density at radius 3 is 2.61 bits per heavy atom. The summed E-state index contributed by atoms with van der Waals surface area (Å²) in [7, 11) is 0. The Kier molecular flexibility index (Phi) is 3.67. The first-order chi connectivity index (χ1) is 17.1. The summed E-state index contributed by atoms with van der Waals surface area (Å²) in [6.07, 6.45) is 1.03. The molecule has 7 nitrogen and oxygen atoms in total. The van der Waals surface area contributed by atoms with Crippen LogP contribution in [0.4, 0.5) is 0 Å². The van der Waals surface area contributed by atoms with Crippen LogP contribution in [-0.2, 0) is 19.1 Å². The number of nitrogens with zero attached hydrogens (tertiary/aromatic N) is 1. The summed E-state index contributed by atoms with van der Waals surface area (Å²) in [4.78, 5) is 42.3. The third-order valence-electron chi connectivity index (χ3n) is 11.8. The highest BCUT2D eigenvalue weighted by Crippen LogP contribution is 2.87. The molecule has 3 heterocycles. The van der Waals surface area contributed by atoms with Crippen LogP contribution in [-0.4, -0.2) is 64.2 Å². The summed E-state index contributed by atoms with van der Waals surface area (Å²) >= 11 is 0. The van der Waals surface area contributed by atoms with Crippen molar-refractivity contribution in [3.63, 3.8) is 0 Å². The molecule has 0 aromatic heterocycles. The van der Waals surface area contributed by atoms with E-state index in [9.17, 15) is 19.5 Å². The van der Waals surface area contributed by atoms with E-state index in [1.165, 1.54) is 6.92 Å². The van der Waals surface area contributed by atoms with Crippen LogP contribution < -0.4 is 0 Å². The summed E-state index contributed by atoms with van der Waals surface area (Å²) in [6, 6.07) is 8.94. The largest absolute Gasteiger partial charge is 0.458 e. The van der Waals surface area contributed by atoms with Crippen LogP contribution in [0.25, 0.3) is 0 Å². The number of aliphatic hydroxyl groups is 1. The SMILES string of the molecule is C=C1C(=O)[C@]23C[C@@H]4[C@@H]5[C@@]6(C)C[C@H](OC(=O)c7ccccc7)[C@@H](OC(C)=O)[C@]57C([C@H]2C[C@H]1C[C@@]73O)N4C6. The number of Topliss-reactive ketones (excluding diaryl/α,β-unsaturated/α-hetero) is 1. The van der Waals surface area contributed by atoms with E-state index in [0.29, 0.717) is 30.4 Å². The molecule has 9 aliphatic rings. The second-order valence-corrected chi connectivity index (χ2v) is 12.9. The third-order valence-corrected chi connectivity index (χ3v) is 11.8. The summed E-state index contributed by atoms with van der Waals surface area (Å²) in [5, 5.41) is 12.9. The zero-order valence-electron chi connectivity index (χ0n) is 20.6. The molecule has 2 spiro atoms. The van der Waals surface area contributed by atoms with E-state index in [4.69, 9.17) is 9.47 Å². The summed E-state index contributed by atoms with van der Waals surface area (Å²) in [5.41, 5.74) is -2.15. The van der Waals surface area contributed by atoms with Gasteiger partial charge in [-0.25, -0.2) is 4.79 Å². The second kappa shape index (κ2) is 6.13. The lowest BCUT2D eigenvalue weighted by Gasteiger charge is -2.67. The number of fused-ring (bicyclic) bond motifs is 1. The minimum atomic E-state index is -1.31. The number of allylic oxidation sites excluding steroid dienone is 1. The van der Waals surface area contributed by atoms with Crippen molar-refractivity contribution in [2.75, 3.05) is 6.54 Å². The lowest BCUT2D eigenvalue weighted by molar-refractivity contribution is -0.282. The van der Waals surface area contributed by atoms with Gasteiger partial charge in [-0.3, -0.25) is 14.5 Å². The zero-order chi connectivity index (χ0) is 25.0. The Morgan fingerprint density at radius 2 is 1.89 bits per heavy atom. The highest BCUT2D eigenvalue weighted by molar-refractivity contribution is 6.04. The van der Waals surface area contributed by atoms with E-state index in [1.54, 1.807) is 24.3 Å². The van der Waals surface area contributed by atoms with Gasteiger partial charge in [0.25, 0.3) is 0 Å². The van der Waals surface area contributed by atoms with Crippen molar-refractivity contribution in [2.45, 2.75) is 69.4 Å². The van der Waals surface area contributed by atoms with Crippen molar-refractivity contribution in [1.29, 1.82) is 0 Å². The number of hydrogen-bond donors (Lipinski definition) is 1. The van der Waals surface area contributed by atoms with Gasteiger partial charge in [0.05, 0.1) is 22.0 Å². The molecule has 3 saturated heterocycles. The summed E-state index contributed by atoms with van der Waals surface area (Å²) < 4.78 is 12.3. The predicted molar refractivity (Wildman–Crippen MR) is 126 cm³/mol. The lowest BCUT2D eigenvalue weighted by atomic mass is 9.37. The van der Waals surface area contributed by atoms with Crippen LogP contribution in [0.15, 0.2) is 42.5 Å². The van der Waals surface area contributed by atoms with Crippen molar-refractivity contribution >= 4 is 17.7 Å². The van der Waals surface area contributed by atoms with Gasteiger partial charge < -0.3 is 14.6 Å². The van der Waals surface area contributed by atoms with Gasteiger partial charge in [-0.05, 0) is 66.6 Å². The Bertz CT molecular complexity index is 1280. The number of ketones is 1. The van der Waals surface area contributed by atoms with Gasteiger partial charge >= 0.3 is 11.9 Å². The average molecular weight is 490 g/mol. The van der Waals surface area contributed by atoms with Crippen LogP contribution in [0.2, 0.25) is 0 Å². The minimum Gasteiger partial charge on any atom is -0.458 e. The quantitative estimate of drug-likeness (QED) is 0.515. The van der Waals surface area contributed by atoms with Gasteiger partial charge in [-0.1, -0.05) is 31.7 Å². The number of carbonyl (C=O) groups excluding carboxylic acids is 3. The fraction of sp³-hybridized carbons (Fsp3) is 0.621. The van der Waals surface area contributed by atoms with Crippen LogP contribution in [0.3, 0.4) is 0 Å². The Balaban J connectivity index is 1.32. The molecule has 9 fully saturated rings. The van der Waals surface area contributed by atoms with Crippen molar-refractivity contribution in [3.05, 3.63) is 48.0 Å². The summed E-state index contributed by atoms with van der Waals surface area (Å²) in [5.74, 6) is -0.852. The van der Waals surface area contributed by atoms with E-state index < -0.39 is 40.6 Å². The molecule has 1 aromatic rings. The van der Waals surface area contributed by atoms with Gasteiger partial charge in [0.15, 0.2) is 5.78 Å². The standard InChI is InChI=1S/C29H31NO6/c1-14-17-9-18-22-29-21-19(11-27(18,23(14)32)28(29,34)10-17)30(22)13-26(21,3)12-20(24(29)35-15(2)31)36-25(33)16-7-5-4-6-8-16/h4-8,17-22,24,34H,1,9-13H2,2-3H3/t17-,18+,19+,20-,21+,22?,24+,26-,27-,28-,29+/m0/s1. The molecule has 188 valence electrons. The number of ether oxygens (including phenoxy) is 2. The molecule has 3 aliphatic heterocycles. The first-order valence-corrected chi connectivity index (χ1v) is 13.3. The first-order valence-electron chi connectivity index (χ1n) is 13.3. The Morgan fingerprint density at radius 1 is 1.14 bits per heavy atom. The molecular formula is C29H31NO6. The molecule has 1 aromatic carbocycles. The van der Waals surface area contributed by atoms with E-state index >= 15 is 0 Å². The number of esters is 2. The predicted octanol–water partition coefficient (Wildman–Crippen LogP) is 2.52. The van der Waals surface area contributed by atoms with Crippen LogP contribution in [0, 0.1) is 34.0 Å². The van der Waals surface area contributed by atoms with Gasteiger partial charge in [0.2, 0.25) is 0 Å². The Labute approximate surface area is 209 Å². The van der Waals surface area contributed by atoms with Crippen LogP contribution in [0.5, 0.6) is 0 Å². The van der Waals surface area contributed by atoms with Crippen molar-refractivity contribution in [3.8, 4) is 0 Å². The van der Waals surface area contributed by atoms with Crippen molar-refractivity contribution < 1.29 is 29.0 Å². The van der Waals surface area contributed by atoms with Crippen molar-refractivity contribution in [2.24, 2.45) is 34.0 Å². The van der Waals surface area contributed by atoms with Crippen LogP contribution in [0.1, 0.15) is 49.9 Å². The molecule has 10 rings (SSSR count). The third kappa shape index (κ3) is 1.92. The van der Waals surface area contributed by atoms with E-state index in [1.807, 2.05) is 6.07 Å².